The Morgan fingerprint density at radius 3 is 2.81 bits per heavy atom. The average Bonchev–Trinajstić information content (AvgIpc) is 2.25. The van der Waals surface area contributed by atoms with E-state index in [2.05, 4.69) is 5.32 Å². The van der Waals surface area contributed by atoms with Crippen LogP contribution in [0.25, 0.3) is 0 Å². The van der Waals surface area contributed by atoms with Gasteiger partial charge >= 0.3 is 0 Å². The third-order valence-corrected chi connectivity index (χ3v) is 2.29. The monoisotopic (exact) mass is 229 g/mol. The molecule has 0 heterocycles. The smallest absolute Gasteiger partial charge is 0.163 e. The van der Waals surface area contributed by atoms with E-state index < -0.39 is 11.6 Å². The number of benzene rings is 1. The summed E-state index contributed by atoms with van der Waals surface area (Å²) in [5.41, 5.74) is 0.351. The van der Waals surface area contributed by atoms with Crippen molar-refractivity contribution in [3.63, 3.8) is 0 Å². The molecule has 1 unspecified atom stereocenters. The molecule has 0 aliphatic rings. The molecule has 16 heavy (non-hydrogen) atoms. The third-order valence-electron chi connectivity index (χ3n) is 2.29. The molecule has 1 aromatic rings. The fourth-order valence-electron chi connectivity index (χ4n) is 1.48. The molecule has 0 fully saturated rings. The minimum atomic E-state index is -0.802. The van der Waals surface area contributed by atoms with E-state index in [-0.39, 0.29) is 0 Å². The molecule has 0 amide bonds. The van der Waals surface area contributed by atoms with Crippen molar-refractivity contribution in [2.24, 2.45) is 5.92 Å². The van der Waals surface area contributed by atoms with Crippen LogP contribution >= 0.6 is 0 Å². The first kappa shape index (κ1) is 13.1. The Morgan fingerprint density at radius 2 is 2.12 bits per heavy atom. The minimum Gasteiger partial charge on any atom is -0.384 e. The minimum absolute atomic E-state index is 0.331. The summed E-state index contributed by atoms with van der Waals surface area (Å²) >= 11 is 0. The Kier molecular flexibility index (Phi) is 5.35. The van der Waals surface area contributed by atoms with Gasteiger partial charge in [-0.1, -0.05) is 19.1 Å². The second-order valence-electron chi connectivity index (χ2n) is 3.90. The lowest BCUT2D eigenvalue weighted by molar-refractivity contribution is 0.158. The fourth-order valence-corrected chi connectivity index (χ4v) is 1.48. The molecule has 0 radical (unpaired) electrons. The lowest BCUT2D eigenvalue weighted by Crippen LogP contribution is -2.23. The van der Waals surface area contributed by atoms with Gasteiger partial charge in [-0.15, -0.1) is 0 Å². The van der Waals surface area contributed by atoms with Gasteiger partial charge in [0, 0.05) is 32.4 Å². The number of halogens is 2. The summed E-state index contributed by atoms with van der Waals surface area (Å²) in [6.45, 7) is 3.72. The van der Waals surface area contributed by atoms with E-state index in [1.54, 1.807) is 13.2 Å². The molecule has 0 bridgehead atoms. The first-order chi connectivity index (χ1) is 7.65. The van der Waals surface area contributed by atoms with Gasteiger partial charge in [-0.2, -0.15) is 0 Å². The molecule has 0 saturated carbocycles. The van der Waals surface area contributed by atoms with Gasteiger partial charge in [0.15, 0.2) is 11.6 Å². The van der Waals surface area contributed by atoms with Crippen molar-refractivity contribution in [2.45, 2.75) is 13.5 Å². The number of nitrogens with one attached hydrogen (secondary N) is 1. The summed E-state index contributed by atoms with van der Waals surface area (Å²) in [5, 5.41) is 3.07. The quantitative estimate of drug-likeness (QED) is 0.808. The predicted molar refractivity (Wildman–Crippen MR) is 59.1 cm³/mol. The lowest BCUT2D eigenvalue weighted by Gasteiger charge is -2.11. The summed E-state index contributed by atoms with van der Waals surface area (Å²) < 4.78 is 31.1. The topological polar surface area (TPSA) is 21.3 Å². The van der Waals surface area contributed by atoms with Crippen molar-refractivity contribution in [3.05, 3.63) is 35.4 Å². The van der Waals surface area contributed by atoms with Crippen molar-refractivity contribution in [3.8, 4) is 0 Å². The van der Waals surface area contributed by atoms with Crippen LogP contribution in [0.15, 0.2) is 18.2 Å². The maximum atomic E-state index is 13.2. The number of hydrogen-bond donors (Lipinski definition) is 1. The van der Waals surface area contributed by atoms with E-state index in [4.69, 9.17) is 4.74 Å². The Labute approximate surface area is 94.6 Å². The maximum Gasteiger partial charge on any atom is 0.163 e. The number of rotatable bonds is 6. The summed E-state index contributed by atoms with van der Waals surface area (Å²) in [5.74, 6) is -1.22. The molecule has 1 N–H and O–H groups in total. The standard InChI is InChI=1S/C12H17F2NO/c1-9(8-16-2)6-15-7-10-4-3-5-11(13)12(10)14/h3-5,9,15H,6-8H2,1-2H3. The third kappa shape index (κ3) is 3.87. The first-order valence-corrected chi connectivity index (χ1v) is 5.27. The Bertz CT molecular complexity index is 331. The highest BCUT2D eigenvalue weighted by Crippen LogP contribution is 2.10. The second-order valence-corrected chi connectivity index (χ2v) is 3.90. The normalized spacial score (nSPS) is 12.8. The van der Waals surface area contributed by atoms with E-state index in [0.29, 0.717) is 31.2 Å². The number of ether oxygens (including phenoxy) is 1. The van der Waals surface area contributed by atoms with Crippen molar-refractivity contribution in [1.82, 2.24) is 5.32 Å². The summed E-state index contributed by atoms with van der Waals surface area (Å²) in [7, 11) is 1.64. The average molecular weight is 229 g/mol. The molecule has 1 atom stereocenters. The van der Waals surface area contributed by atoms with Crippen LogP contribution in [0.1, 0.15) is 12.5 Å². The van der Waals surface area contributed by atoms with E-state index in [0.717, 1.165) is 6.07 Å². The zero-order chi connectivity index (χ0) is 12.0. The summed E-state index contributed by atoms with van der Waals surface area (Å²) in [6.07, 6.45) is 0. The molecule has 1 rings (SSSR count). The SMILES string of the molecule is COCC(C)CNCc1cccc(F)c1F. The van der Waals surface area contributed by atoms with Gasteiger partial charge in [0.05, 0.1) is 0 Å². The van der Waals surface area contributed by atoms with Crippen molar-refractivity contribution in [1.29, 1.82) is 0 Å². The molecular weight excluding hydrogens is 212 g/mol. The van der Waals surface area contributed by atoms with Crippen LogP contribution in [0.4, 0.5) is 8.78 Å². The molecule has 0 spiro atoms. The molecule has 2 nitrogen and oxygen atoms in total. The van der Waals surface area contributed by atoms with Crippen LogP contribution in [0.5, 0.6) is 0 Å². The van der Waals surface area contributed by atoms with Gasteiger partial charge < -0.3 is 10.1 Å². The van der Waals surface area contributed by atoms with Crippen LogP contribution in [0, 0.1) is 17.6 Å². The predicted octanol–water partition coefficient (Wildman–Crippen LogP) is 2.34. The highest BCUT2D eigenvalue weighted by atomic mass is 19.2. The molecule has 0 saturated heterocycles. The van der Waals surface area contributed by atoms with E-state index in [1.165, 1.54) is 6.07 Å². The number of methoxy groups -OCH3 is 1. The van der Waals surface area contributed by atoms with Crippen LogP contribution in [0.3, 0.4) is 0 Å². The maximum absolute atomic E-state index is 13.2. The van der Waals surface area contributed by atoms with Gasteiger partial charge in [0.25, 0.3) is 0 Å². The molecule has 0 aliphatic heterocycles. The van der Waals surface area contributed by atoms with E-state index >= 15 is 0 Å². The highest BCUT2D eigenvalue weighted by Gasteiger charge is 2.07. The highest BCUT2D eigenvalue weighted by molar-refractivity contribution is 5.18. The van der Waals surface area contributed by atoms with Gasteiger partial charge in [-0.3, -0.25) is 0 Å². The van der Waals surface area contributed by atoms with Gasteiger partial charge in [0.1, 0.15) is 0 Å². The molecule has 0 aromatic heterocycles. The number of hydrogen-bond acceptors (Lipinski definition) is 2. The first-order valence-electron chi connectivity index (χ1n) is 5.27. The van der Waals surface area contributed by atoms with E-state index in [1.807, 2.05) is 6.92 Å². The molecular formula is C12H17F2NO. The zero-order valence-electron chi connectivity index (χ0n) is 9.59. The Hall–Kier alpha value is -1.00. The van der Waals surface area contributed by atoms with Gasteiger partial charge in [-0.05, 0) is 12.0 Å². The Balaban J connectivity index is 2.40. The van der Waals surface area contributed by atoms with E-state index in [9.17, 15) is 8.78 Å². The zero-order valence-corrected chi connectivity index (χ0v) is 9.59. The summed E-state index contributed by atoms with van der Waals surface area (Å²) in [4.78, 5) is 0. The fraction of sp³-hybridized carbons (Fsp3) is 0.500. The molecule has 90 valence electrons. The lowest BCUT2D eigenvalue weighted by atomic mass is 10.1. The van der Waals surface area contributed by atoms with Crippen molar-refractivity contribution < 1.29 is 13.5 Å². The van der Waals surface area contributed by atoms with Crippen LogP contribution < -0.4 is 5.32 Å². The molecule has 0 aliphatic carbocycles. The summed E-state index contributed by atoms with van der Waals surface area (Å²) in [6, 6.07) is 4.20. The van der Waals surface area contributed by atoms with Crippen LogP contribution in [-0.4, -0.2) is 20.3 Å². The van der Waals surface area contributed by atoms with Gasteiger partial charge in [0.2, 0.25) is 0 Å². The Morgan fingerprint density at radius 1 is 1.38 bits per heavy atom. The van der Waals surface area contributed by atoms with Crippen LogP contribution in [0.2, 0.25) is 0 Å². The van der Waals surface area contributed by atoms with Crippen molar-refractivity contribution >= 4 is 0 Å². The largest absolute Gasteiger partial charge is 0.384 e. The van der Waals surface area contributed by atoms with Crippen molar-refractivity contribution in [2.75, 3.05) is 20.3 Å². The second kappa shape index (κ2) is 6.55. The van der Waals surface area contributed by atoms with Gasteiger partial charge in [-0.25, -0.2) is 8.78 Å². The molecule has 4 heteroatoms. The molecule has 1 aromatic carbocycles. The van der Waals surface area contributed by atoms with Crippen LogP contribution in [-0.2, 0) is 11.3 Å².